The molecule has 0 aliphatic rings. The van der Waals surface area contributed by atoms with E-state index >= 15 is 0 Å². The van der Waals surface area contributed by atoms with Gasteiger partial charge in [0.05, 0.1) is 19.8 Å². The van der Waals surface area contributed by atoms with Crippen molar-refractivity contribution in [3.63, 3.8) is 0 Å². The van der Waals surface area contributed by atoms with E-state index in [1.54, 1.807) is 0 Å². The molecule has 0 radical (unpaired) electrons. The quantitative estimate of drug-likeness (QED) is 0.425. The number of nitrogens with one attached hydrogen (secondary N) is 1. The van der Waals surface area contributed by atoms with Crippen LogP contribution in [0.2, 0.25) is 0 Å². The second-order valence-electron chi connectivity index (χ2n) is 3.05. The van der Waals surface area contributed by atoms with Gasteiger partial charge >= 0.3 is 0 Å². The summed E-state index contributed by atoms with van der Waals surface area (Å²) in [6, 6.07) is 0. The Hall–Kier alpha value is -0.300. The van der Waals surface area contributed by atoms with Gasteiger partial charge in [0.2, 0.25) is 5.91 Å². The number of amides is 1. The van der Waals surface area contributed by atoms with Crippen molar-refractivity contribution < 1.29 is 20.1 Å². The van der Waals surface area contributed by atoms with Gasteiger partial charge in [0.25, 0.3) is 0 Å². The Labute approximate surface area is 87.5 Å². The molecule has 0 aromatic carbocycles. The first-order valence-electron chi connectivity index (χ1n) is 4.26. The summed E-state index contributed by atoms with van der Waals surface area (Å²) in [6.07, 6.45) is 2.19. The lowest BCUT2D eigenvalue weighted by Crippen LogP contribution is -2.57. The van der Waals surface area contributed by atoms with Crippen molar-refractivity contribution in [1.82, 2.24) is 5.32 Å². The van der Waals surface area contributed by atoms with Gasteiger partial charge in [-0.05, 0) is 6.26 Å². The maximum atomic E-state index is 11.2. The largest absolute Gasteiger partial charge is 0.394 e. The third-order valence-electron chi connectivity index (χ3n) is 1.85. The first kappa shape index (κ1) is 13.7. The highest BCUT2D eigenvalue weighted by Gasteiger charge is 2.29. The molecule has 0 saturated heterocycles. The van der Waals surface area contributed by atoms with E-state index in [-0.39, 0.29) is 5.91 Å². The van der Waals surface area contributed by atoms with E-state index in [1.807, 2.05) is 6.26 Å². The van der Waals surface area contributed by atoms with Gasteiger partial charge in [-0.2, -0.15) is 11.8 Å². The summed E-state index contributed by atoms with van der Waals surface area (Å²) in [5.74, 6) is 0.390. The number of aliphatic hydroxyl groups excluding tert-OH is 3. The summed E-state index contributed by atoms with van der Waals surface area (Å²) in [7, 11) is 0. The summed E-state index contributed by atoms with van der Waals surface area (Å²) in [6.45, 7) is -1.44. The smallest absolute Gasteiger partial charge is 0.221 e. The third-order valence-corrected chi connectivity index (χ3v) is 2.46. The normalized spacial score (nSPS) is 11.4. The van der Waals surface area contributed by atoms with Gasteiger partial charge in [-0.25, -0.2) is 0 Å². The Bertz CT molecular complexity index is 164. The second kappa shape index (κ2) is 7.05. The highest BCUT2D eigenvalue weighted by atomic mass is 32.2. The molecule has 14 heavy (non-hydrogen) atoms. The van der Waals surface area contributed by atoms with Gasteiger partial charge < -0.3 is 20.6 Å². The van der Waals surface area contributed by atoms with Crippen molar-refractivity contribution in [3.8, 4) is 0 Å². The molecule has 0 aromatic rings. The molecule has 0 aliphatic heterocycles. The summed E-state index contributed by atoms with van der Waals surface area (Å²) >= 11 is 1.53. The molecule has 0 atom stereocenters. The van der Waals surface area contributed by atoms with Gasteiger partial charge in [0.15, 0.2) is 0 Å². The highest BCUT2D eigenvalue weighted by Crippen LogP contribution is 2.03. The molecule has 0 bridgehead atoms. The van der Waals surface area contributed by atoms with Crippen molar-refractivity contribution in [1.29, 1.82) is 0 Å². The van der Waals surface area contributed by atoms with Crippen molar-refractivity contribution in [2.75, 3.05) is 31.8 Å². The van der Waals surface area contributed by atoms with Crippen molar-refractivity contribution in [3.05, 3.63) is 0 Å². The number of carbonyl (C=O) groups is 1. The van der Waals surface area contributed by atoms with Gasteiger partial charge in [-0.1, -0.05) is 0 Å². The molecule has 0 spiro atoms. The number of hydrogen-bond acceptors (Lipinski definition) is 5. The Kier molecular flexibility index (Phi) is 6.90. The van der Waals surface area contributed by atoms with Crippen LogP contribution in [0.15, 0.2) is 0 Å². The van der Waals surface area contributed by atoms with Crippen LogP contribution < -0.4 is 5.32 Å². The lowest BCUT2D eigenvalue weighted by atomic mass is 10.0. The minimum absolute atomic E-state index is 0.281. The molecule has 5 nitrogen and oxygen atoms in total. The van der Waals surface area contributed by atoms with Crippen molar-refractivity contribution >= 4 is 17.7 Å². The lowest BCUT2D eigenvalue weighted by Gasteiger charge is -2.28. The minimum atomic E-state index is -1.30. The Morgan fingerprint density at radius 2 is 1.79 bits per heavy atom. The van der Waals surface area contributed by atoms with Crippen LogP contribution in [-0.2, 0) is 4.79 Å². The van der Waals surface area contributed by atoms with Gasteiger partial charge in [-0.15, -0.1) is 0 Å². The van der Waals surface area contributed by atoms with Crippen LogP contribution in [0.1, 0.15) is 6.42 Å². The van der Waals surface area contributed by atoms with E-state index in [2.05, 4.69) is 5.32 Å². The number of rotatable bonds is 7. The van der Waals surface area contributed by atoms with Gasteiger partial charge in [-0.3, -0.25) is 4.79 Å². The van der Waals surface area contributed by atoms with Crippen molar-refractivity contribution in [2.24, 2.45) is 0 Å². The molecule has 84 valence electrons. The fourth-order valence-electron chi connectivity index (χ4n) is 0.822. The number of carbonyl (C=O) groups excluding carboxylic acids is 1. The Morgan fingerprint density at radius 3 is 2.14 bits per heavy atom. The summed E-state index contributed by atoms with van der Waals surface area (Å²) in [4.78, 5) is 11.2. The molecule has 0 saturated carbocycles. The van der Waals surface area contributed by atoms with Crippen LogP contribution in [0.25, 0.3) is 0 Å². The van der Waals surface area contributed by atoms with Crippen LogP contribution in [0.4, 0.5) is 0 Å². The van der Waals surface area contributed by atoms with Gasteiger partial charge in [0.1, 0.15) is 5.54 Å². The molecule has 0 aromatic heterocycles. The molecular weight excluding hydrogens is 206 g/mol. The molecule has 0 rings (SSSR count). The van der Waals surface area contributed by atoms with E-state index in [4.69, 9.17) is 15.3 Å². The maximum absolute atomic E-state index is 11.2. The average Bonchev–Trinajstić information content (AvgIpc) is 2.23. The second-order valence-corrected chi connectivity index (χ2v) is 4.03. The first-order valence-corrected chi connectivity index (χ1v) is 5.66. The predicted molar refractivity (Wildman–Crippen MR) is 55.1 cm³/mol. The fourth-order valence-corrected chi connectivity index (χ4v) is 1.21. The van der Waals surface area contributed by atoms with Gasteiger partial charge in [0, 0.05) is 12.2 Å². The topological polar surface area (TPSA) is 89.8 Å². The standard InChI is InChI=1S/C8H17NO4S/c1-14-3-2-7(13)9-8(4-10,5-11)6-12/h10-12H,2-6H2,1H3,(H,9,13). The molecule has 6 heteroatoms. The molecule has 0 heterocycles. The Balaban J connectivity index is 4.08. The number of thioether (sulfide) groups is 1. The fraction of sp³-hybridized carbons (Fsp3) is 0.875. The third kappa shape index (κ3) is 4.28. The first-order chi connectivity index (χ1) is 6.64. The van der Waals surface area contributed by atoms with E-state index < -0.39 is 25.4 Å². The summed E-state index contributed by atoms with van der Waals surface area (Å²) in [5.41, 5.74) is -1.30. The van der Waals surface area contributed by atoms with Crippen LogP contribution in [-0.4, -0.2) is 58.6 Å². The van der Waals surface area contributed by atoms with Crippen molar-refractivity contribution in [2.45, 2.75) is 12.0 Å². The average molecular weight is 223 g/mol. The number of hydrogen-bond donors (Lipinski definition) is 4. The molecule has 0 fully saturated rings. The van der Waals surface area contributed by atoms with Crippen LogP contribution >= 0.6 is 11.8 Å². The highest BCUT2D eigenvalue weighted by molar-refractivity contribution is 7.98. The number of aliphatic hydroxyl groups is 3. The van der Waals surface area contributed by atoms with E-state index in [0.29, 0.717) is 12.2 Å². The van der Waals surface area contributed by atoms with E-state index in [0.717, 1.165) is 0 Å². The zero-order chi connectivity index (χ0) is 11.0. The van der Waals surface area contributed by atoms with Crippen LogP contribution in [0.3, 0.4) is 0 Å². The SMILES string of the molecule is CSCCC(=O)NC(CO)(CO)CO. The zero-order valence-electron chi connectivity index (χ0n) is 8.19. The van der Waals surface area contributed by atoms with Crippen LogP contribution in [0, 0.1) is 0 Å². The maximum Gasteiger partial charge on any atom is 0.221 e. The van der Waals surface area contributed by atoms with E-state index in [1.165, 1.54) is 11.8 Å². The lowest BCUT2D eigenvalue weighted by molar-refractivity contribution is -0.124. The van der Waals surface area contributed by atoms with E-state index in [9.17, 15) is 4.79 Å². The monoisotopic (exact) mass is 223 g/mol. The zero-order valence-corrected chi connectivity index (χ0v) is 9.01. The molecule has 4 N–H and O–H groups in total. The molecular formula is C8H17NO4S. The molecule has 0 unspecified atom stereocenters. The Morgan fingerprint density at radius 1 is 1.29 bits per heavy atom. The molecule has 0 aliphatic carbocycles. The predicted octanol–water partition coefficient (Wildman–Crippen LogP) is -1.43. The van der Waals surface area contributed by atoms with Crippen LogP contribution in [0.5, 0.6) is 0 Å². The summed E-state index contributed by atoms with van der Waals surface area (Å²) < 4.78 is 0. The minimum Gasteiger partial charge on any atom is -0.394 e. The molecule has 1 amide bonds. The summed E-state index contributed by atoms with van der Waals surface area (Å²) in [5, 5.41) is 29.1.